The number of nitrogens with one attached hydrogen (secondary N) is 1. The Morgan fingerprint density at radius 2 is 1.70 bits per heavy atom. The molecule has 0 aliphatic carbocycles. The van der Waals surface area contributed by atoms with Gasteiger partial charge in [0, 0.05) is 10.6 Å². The Hall–Kier alpha value is -1.74. The first-order valence-electron chi connectivity index (χ1n) is 8.01. The van der Waals surface area contributed by atoms with Gasteiger partial charge in [0.05, 0.1) is 5.75 Å². The lowest BCUT2D eigenvalue weighted by molar-refractivity contribution is -0.113. The monoisotopic (exact) mass is 327 g/mol. The highest BCUT2D eigenvalue weighted by Crippen LogP contribution is 2.28. The number of amides is 1. The van der Waals surface area contributed by atoms with Crippen molar-refractivity contribution in [3.05, 3.63) is 58.1 Å². The lowest BCUT2D eigenvalue weighted by Gasteiger charge is -2.14. The molecule has 0 radical (unpaired) electrons. The number of hydrogen-bond acceptors (Lipinski definition) is 2. The summed E-state index contributed by atoms with van der Waals surface area (Å²) in [5.74, 6) is 0.487. The van der Waals surface area contributed by atoms with Crippen LogP contribution in [0.1, 0.15) is 34.7 Å². The highest BCUT2D eigenvalue weighted by atomic mass is 32.2. The maximum Gasteiger partial charge on any atom is 0.234 e. The first kappa shape index (κ1) is 17.6. The molecule has 0 aliphatic rings. The van der Waals surface area contributed by atoms with E-state index in [9.17, 15) is 4.79 Å². The maximum absolute atomic E-state index is 12.4. The third-order valence-electron chi connectivity index (χ3n) is 3.96. The SMILES string of the molecule is CCc1cccc(C)c1NC(=O)CSc1c(C)cc(C)cc1C. The number of carbonyl (C=O) groups excluding carboxylic acids is 1. The molecule has 0 fully saturated rings. The van der Waals surface area contributed by atoms with Gasteiger partial charge in [-0.25, -0.2) is 0 Å². The lowest BCUT2D eigenvalue weighted by Crippen LogP contribution is -2.16. The number of hydrogen-bond donors (Lipinski definition) is 1. The van der Waals surface area contributed by atoms with Crippen molar-refractivity contribution in [2.24, 2.45) is 0 Å². The molecule has 0 spiro atoms. The summed E-state index contributed by atoms with van der Waals surface area (Å²) in [6.07, 6.45) is 0.917. The first-order chi connectivity index (χ1) is 10.9. The van der Waals surface area contributed by atoms with Gasteiger partial charge >= 0.3 is 0 Å². The van der Waals surface area contributed by atoms with Crippen LogP contribution in [0.4, 0.5) is 5.69 Å². The van der Waals surface area contributed by atoms with Crippen LogP contribution in [0.2, 0.25) is 0 Å². The fourth-order valence-electron chi connectivity index (χ4n) is 2.91. The molecular weight excluding hydrogens is 302 g/mol. The Morgan fingerprint density at radius 1 is 1.04 bits per heavy atom. The van der Waals surface area contributed by atoms with Crippen molar-refractivity contribution in [2.45, 2.75) is 45.9 Å². The van der Waals surface area contributed by atoms with E-state index in [0.717, 1.165) is 17.7 Å². The summed E-state index contributed by atoms with van der Waals surface area (Å²) in [5, 5.41) is 3.09. The topological polar surface area (TPSA) is 29.1 Å². The average Bonchev–Trinajstić information content (AvgIpc) is 2.48. The lowest BCUT2D eigenvalue weighted by atomic mass is 10.1. The Bertz CT molecular complexity index is 699. The van der Waals surface area contributed by atoms with Gasteiger partial charge in [0.1, 0.15) is 0 Å². The van der Waals surface area contributed by atoms with Gasteiger partial charge in [0.15, 0.2) is 0 Å². The summed E-state index contributed by atoms with van der Waals surface area (Å²) >= 11 is 1.62. The number of para-hydroxylation sites is 1. The van der Waals surface area contributed by atoms with Crippen LogP contribution in [0.25, 0.3) is 0 Å². The standard InChI is InChI=1S/C20H25NOS/c1-6-17-9-7-8-14(3)19(17)21-18(22)12-23-20-15(4)10-13(2)11-16(20)5/h7-11H,6,12H2,1-5H3,(H,21,22). The fourth-order valence-corrected chi connectivity index (χ4v) is 3.83. The average molecular weight is 327 g/mol. The summed E-state index contributed by atoms with van der Waals surface area (Å²) in [5.41, 5.74) is 7.02. The maximum atomic E-state index is 12.4. The van der Waals surface area contributed by atoms with E-state index in [-0.39, 0.29) is 5.91 Å². The van der Waals surface area contributed by atoms with Crippen LogP contribution in [0.3, 0.4) is 0 Å². The van der Waals surface area contributed by atoms with Crippen LogP contribution in [0.15, 0.2) is 35.2 Å². The minimum absolute atomic E-state index is 0.0541. The number of benzene rings is 2. The Labute approximate surface area is 143 Å². The van der Waals surface area contributed by atoms with Crippen LogP contribution >= 0.6 is 11.8 Å². The van der Waals surface area contributed by atoms with Crippen molar-refractivity contribution in [2.75, 3.05) is 11.1 Å². The third kappa shape index (κ3) is 4.38. The van der Waals surface area contributed by atoms with E-state index in [1.807, 2.05) is 19.1 Å². The molecule has 3 heteroatoms. The third-order valence-corrected chi connectivity index (χ3v) is 5.30. The molecule has 0 aromatic heterocycles. The van der Waals surface area contributed by atoms with Crippen molar-refractivity contribution in [1.82, 2.24) is 0 Å². The summed E-state index contributed by atoms with van der Waals surface area (Å²) in [4.78, 5) is 13.6. The van der Waals surface area contributed by atoms with Crippen LogP contribution in [0.5, 0.6) is 0 Å². The van der Waals surface area contributed by atoms with Crippen LogP contribution in [-0.4, -0.2) is 11.7 Å². The molecule has 0 aliphatic heterocycles. The highest BCUT2D eigenvalue weighted by Gasteiger charge is 2.11. The molecule has 1 N–H and O–H groups in total. The predicted octanol–water partition coefficient (Wildman–Crippen LogP) is 5.21. The number of thioether (sulfide) groups is 1. The van der Waals surface area contributed by atoms with Crippen molar-refractivity contribution >= 4 is 23.4 Å². The summed E-state index contributed by atoms with van der Waals surface area (Å²) in [6, 6.07) is 10.5. The number of rotatable bonds is 5. The summed E-state index contributed by atoms with van der Waals surface area (Å²) in [7, 11) is 0. The quantitative estimate of drug-likeness (QED) is 0.763. The summed E-state index contributed by atoms with van der Waals surface area (Å²) in [6.45, 7) is 10.5. The Morgan fingerprint density at radius 3 is 2.30 bits per heavy atom. The molecule has 0 atom stereocenters. The molecule has 23 heavy (non-hydrogen) atoms. The van der Waals surface area contributed by atoms with E-state index in [1.165, 1.54) is 27.1 Å². The van der Waals surface area contributed by atoms with Gasteiger partial charge < -0.3 is 5.32 Å². The molecule has 0 saturated carbocycles. The normalized spacial score (nSPS) is 10.7. The number of aryl methyl sites for hydroxylation is 5. The van der Waals surface area contributed by atoms with Gasteiger partial charge in [-0.1, -0.05) is 42.8 Å². The second-order valence-corrected chi connectivity index (χ2v) is 7.01. The molecule has 0 unspecified atom stereocenters. The highest BCUT2D eigenvalue weighted by molar-refractivity contribution is 8.00. The molecule has 122 valence electrons. The minimum Gasteiger partial charge on any atom is -0.325 e. The number of anilines is 1. The zero-order valence-electron chi connectivity index (χ0n) is 14.6. The first-order valence-corrected chi connectivity index (χ1v) is 9.00. The van der Waals surface area contributed by atoms with Gasteiger partial charge in [-0.2, -0.15) is 0 Å². The van der Waals surface area contributed by atoms with Crippen molar-refractivity contribution in [3.8, 4) is 0 Å². The van der Waals surface area contributed by atoms with Gasteiger partial charge in [-0.05, 0) is 56.4 Å². The molecule has 0 heterocycles. The van der Waals surface area contributed by atoms with E-state index in [0.29, 0.717) is 5.75 Å². The Balaban J connectivity index is 2.07. The fraction of sp³-hybridized carbons (Fsp3) is 0.350. The van der Waals surface area contributed by atoms with Gasteiger partial charge in [-0.3, -0.25) is 4.79 Å². The molecule has 1 amide bonds. The molecule has 2 aromatic rings. The second-order valence-electron chi connectivity index (χ2n) is 6.03. The van der Waals surface area contributed by atoms with E-state index in [4.69, 9.17) is 0 Å². The molecule has 0 bridgehead atoms. The van der Waals surface area contributed by atoms with E-state index in [2.05, 4.69) is 51.2 Å². The molecule has 2 rings (SSSR count). The molecular formula is C20H25NOS. The second kappa shape index (κ2) is 7.69. The molecule has 2 aromatic carbocycles. The number of carbonyl (C=O) groups is 1. The van der Waals surface area contributed by atoms with Crippen molar-refractivity contribution < 1.29 is 4.79 Å². The van der Waals surface area contributed by atoms with Crippen molar-refractivity contribution in [3.63, 3.8) is 0 Å². The van der Waals surface area contributed by atoms with Crippen molar-refractivity contribution in [1.29, 1.82) is 0 Å². The zero-order valence-corrected chi connectivity index (χ0v) is 15.4. The molecule has 2 nitrogen and oxygen atoms in total. The van der Waals surface area contributed by atoms with Gasteiger partial charge in [-0.15, -0.1) is 11.8 Å². The summed E-state index contributed by atoms with van der Waals surface area (Å²) < 4.78 is 0. The van der Waals surface area contributed by atoms with Gasteiger partial charge in [0.25, 0.3) is 0 Å². The zero-order chi connectivity index (χ0) is 17.0. The predicted molar refractivity (Wildman–Crippen MR) is 101 cm³/mol. The minimum atomic E-state index is 0.0541. The van der Waals surface area contributed by atoms with E-state index >= 15 is 0 Å². The van der Waals surface area contributed by atoms with E-state index in [1.54, 1.807) is 11.8 Å². The molecule has 0 saturated heterocycles. The van der Waals surface area contributed by atoms with Gasteiger partial charge in [0.2, 0.25) is 5.91 Å². The Kier molecular flexibility index (Phi) is 5.89. The smallest absolute Gasteiger partial charge is 0.234 e. The largest absolute Gasteiger partial charge is 0.325 e. The van der Waals surface area contributed by atoms with E-state index < -0.39 is 0 Å². The van der Waals surface area contributed by atoms with Crippen LogP contribution in [-0.2, 0) is 11.2 Å². The van der Waals surface area contributed by atoms with Crippen LogP contribution in [0, 0.1) is 27.7 Å². The van der Waals surface area contributed by atoms with Crippen LogP contribution < -0.4 is 5.32 Å².